The Hall–Kier alpha value is -0.870. The molecule has 0 spiro atoms. The number of nitrogens with two attached hydrogens (primary N) is 1. The number of halogens is 1. The maximum Gasteiger partial charge on any atom is 0.253 e. The van der Waals surface area contributed by atoms with Crippen LogP contribution in [0, 0.1) is 0 Å². The summed E-state index contributed by atoms with van der Waals surface area (Å²) in [6, 6.07) is 5.26. The van der Waals surface area contributed by atoms with Crippen molar-refractivity contribution in [1.82, 2.24) is 5.32 Å². The first-order valence-electron chi connectivity index (χ1n) is 6.57. The highest BCUT2D eigenvalue weighted by Gasteiger charge is 2.26. The molecule has 0 bridgehead atoms. The van der Waals surface area contributed by atoms with Crippen LogP contribution in [0.5, 0.6) is 0 Å². The molecule has 1 aromatic carbocycles. The van der Waals surface area contributed by atoms with Gasteiger partial charge in [-0.2, -0.15) is 11.8 Å². The number of nitrogens with one attached hydrogen (secondary N) is 1. The first-order valence-corrected chi connectivity index (χ1v) is 8.00. The summed E-state index contributed by atoms with van der Waals surface area (Å²) >= 11 is 8.02. The van der Waals surface area contributed by atoms with Crippen molar-refractivity contribution in [3.05, 3.63) is 28.8 Å². The molecule has 1 aliphatic carbocycles. The molecular weight excluding hydrogens is 280 g/mol. The van der Waals surface area contributed by atoms with Crippen LogP contribution >= 0.6 is 23.4 Å². The monoisotopic (exact) mass is 298 g/mol. The Morgan fingerprint density at radius 2 is 2.32 bits per heavy atom. The van der Waals surface area contributed by atoms with Crippen molar-refractivity contribution in [3.63, 3.8) is 0 Å². The summed E-state index contributed by atoms with van der Waals surface area (Å²) < 4.78 is 0. The normalized spacial score (nSPS) is 22.4. The summed E-state index contributed by atoms with van der Waals surface area (Å²) in [5, 5.41) is 4.16. The standard InChI is InChI=1S/C14H19ClN2OS/c1-2-19-11-5-4-10(8-11)17-14(18)12-6-3-9(16)7-13(12)15/h3,6-7,10-11H,2,4-5,8,16H2,1H3,(H,17,18). The molecule has 2 rings (SSSR count). The number of rotatable bonds is 4. The van der Waals surface area contributed by atoms with E-state index >= 15 is 0 Å². The van der Waals surface area contributed by atoms with Gasteiger partial charge in [0.15, 0.2) is 0 Å². The Labute approximate surface area is 123 Å². The highest BCUT2D eigenvalue weighted by atomic mass is 35.5. The minimum atomic E-state index is -0.0999. The molecule has 0 aliphatic heterocycles. The number of hydrogen-bond acceptors (Lipinski definition) is 3. The highest BCUT2D eigenvalue weighted by molar-refractivity contribution is 7.99. The van der Waals surface area contributed by atoms with Gasteiger partial charge >= 0.3 is 0 Å². The lowest BCUT2D eigenvalue weighted by Gasteiger charge is -2.14. The van der Waals surface area contributed by atoms with Gasteiger partial charge in [0.05, 0.1) is 10.6 Å². The Balaban J connectivity index is 1.94. The lowest BCUT2D eigenvalue weighted by Crippen LogP contribution is -2.33. The number of nitrogen functional groups attached to an aromatic ring is 1. The summed E-state index contributed by atoms with van der Waals surface area (Å²) in [4.78, 5) is 12.2. The Kier molecular flexibility index (Phi) is 4.99. The van der Waals surface area contributed by atoms with E-state index in [2.05, 4.69) is 12.2 Å². The quantitative estimate of drug-likeness (QED) is 0.838. The van der Waals surface area contributed by atoms with E-state index in [4.69, 9.17) is 17.3 Å². The summed E-state index contributed by atoms with van der Waals surface area (Å²) in [5.41, 5.74) is 6.70. The smallest absolute Gasteiger partial charge is 0.253 e. The van der Waals surface area contributed by atoms with Gasteiger partial charge in [-0.3, -0.25) is 4.79 Å². The predicted molar refractivity (Wildman–Crippen MR) is 82.9 cm³/mol. The molecule has 3 nitrogen and oxygen atoms in total. The number of carbonyl (C=O) groups is 1. The van der Waals surface area contributed by atoms with E-state index in [0.717, 1.165) is 18.6 Å². The van der Waals surface area contributed by atoms with Gasteiger partial charge in [0.2, 0.25) is 0 Å². The first-order chi connectivity index (χ1) is 9.10. The Bertz CT molecular complexity index is 467. The molecule has 0 radical (unpaired) electrons. The Morgan fingerprint density at radius 3 is 3.00 bits per heavy atom. The van der Waals surface area contributed by atoms with E-state index in [-0.39, 0.29) is 11.9 Å². The van der Waals surface area contributed by atoms with Gasteiger partial charge in [-0.15, -0.1) is 0 Å². The van der Waals surface area contributed by atoms with Gasteiger partial charge in [-0.25, -0.2) is 0 Å². The van der Waals surface area contributed by atoms with E-state index in [1.807, 2.05) is 11.8 Å². The maximum absolute atomic E-state index is 12.2. The van der Waals surface area contributed by atoms with Crippen LogP contribution in [-0.4, -0.2) is 23.0 Å². The fourth-order valence-corrected chi connectivity index (χ4v) is 3.85. The molecule has 1 fully saturated rings. The zero-order chi connectivity index (χ0) is 13.8. The largest absolute Gasteiger partial charge is 0.399 e. The molecule has 1 amide bonds. The third-order valence-corrected chi connectivity index (χ3v) is 4.91. The zero-order valence-corrected chi connectivity index (χ0v) is 12.6. The fraction of sp³-hybridized carbons (Fsp3) is 0.500. The molecule has 2 atom stereocenters. The van der Waals surface area contributed by atoms with Crippen LogP contribution in [0.3, 0.4) is 0 Å². The number of carbonyl (C=O) groups excluding carboxylic acids is 1. The van der Waals surface area contributed by atoms with Gasteiger partial charge in [0.25, 0.3) is 5.91 Å². The maximum atomic E-state index is 12.2. The zero-order valence-electron chi connectivity index (χ0n) is 11.0. The van der Waals surface area contributed by atoms with E-state index in [0.29, 0.717) is 21.5 Å². The van der Waals surface area contributed by atoms with E-state index in [9.17, 15) is 4.79 Å². The van der Waals surface area contributed by atoms with Gasteiger partial charge in [-0.1, -0.05) is 18.5 Å². The van der Waals surface area contributed by atoms with Crippen LogP contribution in [-0.2, 0) is 0 Å². The minimum Gasteiger partial charge on any atom is -0.399 e. The van der Waals surface area contributed by atoms with Gasteiger partial charge in [0.1, 0.15) is 0 Å². The summed E-state index contributed by atoms with van der Waals surface area (Å²) in [6.45, 7) is 2.17. The molecule has 1 aliphatic rings. The van der Waals surface area contributed by atoms with Crippen molar-refractivity contribution in [2.24, 2.45) is 0 Å². The lowest BCUT2D eigenvalue weighted by atomic mass is 10.1. The van der Waals surface area contributed by atoms with Crippen LogP contribution in [0.1, 0.15) is 36.5 Å². The van der Waals surface area contributed by atoms with Crippen LogP contribution in [0.15, 0.2) is 18.2 Å². The number of thioether (sulfide) groups is 1. The van der Waals surface area contributed by atoms with Crippen molar-refractivity contribution < 1.29 is 4.79 Å². The Morgan fingerprint density at radius 1 is 1.53 bits per heavy atom. The summed E-state index contributed by atoms with van der Waals surface area (Å²) in [5.74, 6) is 1.03. The number of benzene rings is 1. The van der Waals surface area contributed by atoms with Crippen LogP contribution in [0.4, 0.5) is 5.69 Å². The summed E-state index contributed by atoms with van der Waals surface area (Å²) in [6.07, 6.45) is 3.28. The first kappa shape index (κ1) is 14.5. The average molecular weight is 299 g/mol. The molecule has 1 saturated carbocycles. The molecule has 0 saturated heterocycles. The van der Waals surface area contributed by atoms with Crippen molar-refractivity contribution in [3.8, 4) is 0 Å². The second-order valence-corrected chi connectivity index (χ2v) is 6.78. The molecule has 0 aromatic heterocycles. The van der Waals surface area contributed by atoms with E-state index in [1.54, 1.807) is 18.2 Å². The van der Waals surface area contributed by atoms with Gasteiger partial charge in [-0.05, 0) is 43.2 Å². The van der Waals surface area contributed by atoms with Crippen LogP contribution < -0.4 is 11.1 Å². The van der Waals surface area contributed by atoms with Crippen molar-refractivity contribution >= 4 is 35.0 Å². The molecule has 19 heavy (non-hydrogen) atoms. The number of anilines is 1. The minimum absolute atomic E-state index is 0.0999. The number of hydrogen-bond donors (Lipinski definition) is 2. The molecule has 104 valence electrons. The number of amides is 1. The second-order valence-electron chi connectivity index (χ2n) is 4.80. The molecule has 2 unspecified atom stereocenters. The SMILES string of the molecule is CCSC1CCC(NC(=O)c2ccc(N)cc2Cl)C1. The molecule has 0 heterocycles. The molecule has 1 aromatic rings. The van der Waals surface area contributed by atoms with E-state index < -0.39 is 0 Å². The van der Waals surface area contributed by atoms with Gasteiger partial charge in [0, 0.05) is 17.0 Å². The highest BCUT2D eigenvalue weighted by Crippen LogP contribution is 2.30. The molecule has 3 N–H and O–H groups in total. The third kappa shape index (κ3) is 3.80. The topological polar surface area (TPSA) is 55.1 Å². The van der Waals surface area contributed by atoms with Crippen LogP contribution in [0.2, 0.25) is 5.02 Å². The van der Waals surface area contributed by atoms with E-state index in [1.165, 1.54) is 6.42 Å². The van der Waals surface area contributed by atoms with Crippen LogP contribution in [0.25, 0.3) is 0 Å². The van der Waals surface area contributed by atoms with Gasteiger partial charge < -0.3 is 11.1 Å². The fourth-order valence-electron chi connectivity index (χ4n) is 2.44. The summed E-state index contributed by atoms with van der Waals surface area (Å²) in [7, 11) is 0. The molecular formula is C14H19ClN2OS. The van der Waals surface area contributed by atoms with Crippen molar-refractivity contribution in [1.29, 1.82) is 0 Å². The average Bonchev–Trinajstić information content (AvgIpc) is 2.76. The lowest BCUT2D eigenvalue weighted by molar-refractivity contribution is 0.0938. The predicted octanol–water partition coefficient (Wildman–Crippen LogP) is 3.33. The van der Waals surface area contributed by atoms with Crippen molar-refractivity contribution in [2.45, 2.75) is 37.5 Å². The molecule has 5 heteroatoms. The third-order valence-electron chi connectivity index (χ3n) is 3.36. The second kappa shape index (κ2) is 6.53. The van der Waals surface area contributed by atoms with Crippen molar-refractivity contribution in [2.75, 3.05) is 11.5 Å².